The number of aliphatic hydroxyl groups excluding tert-OH is 1. The molecule has 1 aliphatic rings. The molecular formula is C28H29N3O4. The Kier molecular flexibility index (Phi) is 7.27. The molecule has 1 amide bonds. The van der Waals surface area contributed by atoms with E-state index in [1.807, 2.05) is 44.1 Å². The summed E-state index contributed by atoms with van der Waals surface area (Å²) in [5, 5.41) is 11.2. The Labute approximate surface area is 205 Å². The molecule has 0 bridgehead atoms. The molecule has 3 aromatic rings. The standard InChI is InChI=1S/C28H29N3O4/c1-19-5-4-6-20(17-19)18-35-23-9-7-22(8-10-23)26(32)24-25(21-11-13-29-14-12-21)31(16-15-30(2)3)28(34)27(24)33/h4-14,17,25,32H,15-16,18H2,1-3H3/b26-24+/t25-/m0/s1. The number of Topliss-reactive ketones (excluding diaryl/α,β-unsaturated/α-hetero) is 1. The second-order valence-electron chi connectivity index (χ2n) is 8.88. The Morgan fingerprint density at radius 1 is 1.06 bits per heavy atom. The third-order valence-corrected chi connectivity index (χ3v) is 5.97. The van der Waals surface area contributed by atoms with Crippen molar-refractivity contribution in [3.63, 3.8) is 0 Å². The van der Waals surface area contributed by atoms with Crippen LogP contribution in [0, 0.1) is 6.92 Å². The molecule has 0 aliphatic carbocycles. The van der Waals surface area contributed by atoms with Crippen molar-refractivity contribution in [2.75, 3.05) is 27.2 Å². The summed E-state index contributed by atoms with van der Waals surface area (Å²) in [7, 11) is 3.81. The van der Waals surface area contributed by atoms with E-state index in [0.717, 1.165) is 16.7 Å². The zero-order chi connectivity index (χ0) is 24.9. The molecule has 1 N–H and O–H groups in total. The van der Waals surface area contributed by atoms with Gasteiger partial charge in [-0.3, -0.25) is 14.6 Å². The Bertz CT molecular complexity index is 1240. The van der Waals surface area contributed by atoms with Crippen LogP contribution in [0.2, 0.25) is 0 Å². The molecule has 4 rings (SSSR count). The van der Waals surface area contributed by atoms with E-state index in [1.54, 1.807) is 48.8 Å². The number of likely N-dealkylation sites (N-methyl/N-ethyl adjacent to an activating group) is 1. The third-order valence-electron chi connectivity index (χ3n) is 5.97. The molecule has 7 nitrogen and oxygen atoms in total. The van der Waals surface area contributed by atoms with Crippen LogP contribution in [-0.4, -0.2) is 58.8 Å². The van der Waals surface area contributed by atoms with Gasteiger partial charge in [-0.2, -0.15) is 0 Å². The quantitative estimate of drug-likeness (QED) is 0.304. The van der Waals surface area contributed by atoms with Crippen LogP contribution < -0.4 is 4.74 Å². The number of hydrogen-bond donors (Lipinski definition) is 1. The Balaban J connectivity index is 1.62. The summed E-state index contributed by atoms with van der Waals surface area (Å²) in [4.78, 5) is 33.5. The molecule has 0 spiro atoms. The largest absolute Gasteiger partial charge is 0.507 e. The second kappa shape index (κ2) is 10.5. The normalized spacial score (nSPS) is 17.3. The van der Waals surface area contributed by atoms with Gasteiger partial charge in [-0.15, -0.1) is 0 Å². The van der Waals surface area contributed by atoms with E-state index in [2.05, 4.69) is 11.1 Å². The highest BCUT2D eigenvalue weighted by molar-refractivity contribution is 6.46. The second-order valence-corrected chi connectivity index (χ2v) is 8.88. The minimum absolute atomic E-state index is 0.0772. The van der Waals surface area contributed by atoms with Crippen LogP contribution >= 0.6 is 0 Å². The minimum atomic E-state index is -0.692. The fraction of sp³-hybridized carbons (Fsp3) is 0.250. The van der Waals surface area contributed by atoms with Gasteiger partial charge in [0.05, 0.1) is 11.6 Å². The van der Waals surface area contributed by atoms with E-state index in [4.69, 9.17) is 4.74 Å². The molecule has 1 fully saturated rings. The number of rotatable bonds is 8. The zero-order valence-corrected chi connectivity index (χ0v) is 20.1. The molecule has 1 aliphatic heterocycles. The number of aryl methyl sites for hydroxylation is 1. The van der Waals surface area contributed by atoms with Gasteiger partial charge in [-0.1, -0.05) is 29.8 Å². The van der Waals surface area contributed by atoms with E-state index in [-0.39, 0.29) is 11.3 Å². The molecule has 0 unspecified atom stereocenters. The van der Waals surface area contributed by atoms with Crippen molar-refractivity contribution in [2.24, 2.45) is 0 Å². The number of carbonyl (C=O) groups excluding carboxylic acids is 2. The number of nitrogens with zero attached hydrogens (tertiary/aromatic N) is 3. The van der Waals surface area contributed by atoms with Crippen LogP contribution in [0.3, 0.4) is 0 Å². The van der Waals surface area contributed by atoms with Gasteiger partial charge >= 0.3 is 0 Å². The van der Waals surface area contributed by atoms with Gasteiger partial charge in [0.2, 0.25) is 0 Å². The van der Waals surface area contributed by atoms with Crippen molar-refractivity contribution < 1.29 is 19.4 Å². The first-order valence-electron chi connectivity index (χ1n) is 11.5. The summed E-state index contributed by atoms with van der Waals surface area (Å²) in [5.41, 5.74) is 3.47. The number of likely N-dealkylation sites (tertiary alicyclic amines) is 1. The highest BCUT2D eigenvalue weighted by Crippen LogP contribution is 2.39. The van der Waals surface area contributed by atoms with Crippen LogP contribution in [0.15, 0.2) is 78.6 Å². The van der Waals surface area contributed by atoms with E-state index in [9.17, 15) is 14.7 Å². The lowest BCUT2D eigenvalue weighted by atomic mass is 9.96. The maximum Gasteiger partial charge on any atom is 0.295 e. The van der Waals surface area contributed by atoms with Crippen molar-refractivity contribution >= 4 is 17.4 Å². The maximum atomic E-state index is 13.0. The molecule has 35 heavy (non-hydrogen) atoms. The summed E-state index contributed by atoms with van der Waals surface area (Å²) in [6, 6.07) is 17.8. The minimum Gasteiger partial charge on any atom is -0.507 e. The molecule has 7 heteroatoms. The smallest absolute Gasteiger partial charge is 0.295 e. The predicted octanol–water partition coefficient (Wildman–Crippen LogP) is 3.95. The van der Waals surface area contributed by atoms with Crippen molar-refractivity contribution in [1.82, 2.24) is 14.8 Å². The van der Waals surface area contributed by atoms with Gasteiger partial charge in [0, 0.05) is 31.0 Å². The van der Waals surface area contributed by atoms with Gasteiger partial charge in [-0.05, 0) is 68.5 Å². The molecule has 0 radical (unpaired) electrons. The fourth-order valence-electron chi connectivity index (χ4n) is 4.14. The van der Waals surface area contributed by atoms with Crippen LogP contribution in [0.5, 0.6) is 5.75 Å². The first-order chi connectivity index (χ1) is 16.8. The van der Waals surface area contributed by atoms with Gasteiger partial charge < -0.3 is 19.6 Å². The predicted molar refractivity (Wildman–Crippen MR) is 134 cm³/mol. The van der Waals surface area contributed by atoms with Crippen molar-refractivity contribution in [3.05, 3.63) is 101 Å². The lowest BCUT2D eigenvalue weighted by Gasteiger charge is -2.26. The number of carbonyl (C=O) groups is 2. The lowest BCUT2D eigenvalue weighted by molar-refractivity contribution is -0.140. The van der Waals surface area contributed by atoms with Gasteiger partial charge in [0.1, 0.15) is 18.1 Å². The number of amides is 1. The fourth-order valence-corrected chi connectivity index (χ4v) is 4.14. The van der Waals surface area contributed by atoms with E-state index in [0.29, 0.717) is 31.0 Å². The summed E-state index contributed by atoms with van der Waals surface area (Å²) < 4.78 is 5.87. The molecule has 180 valence electrons. The Morgan fingerprint density at radius 2 is 1.77 bits per heavy atom. The van der Waals surface area contributed by atoms with Gasteiger partial charge in [-0.25, -0.2) is 0 Å². The Morgan fingerprint density at radius 3 is 2.43 bits per heavy atom. The molecule has 2 aromatic carbocycles. The van der Waals surface area contributed by atoms with Crippen LogP contribution in [0.4, 0.5) is 0 Å². The molecular weight excluding hydrogens is 442 g/mol. The molecule has 0 saturated carbocycles. The van der Waals surface area contributed by atoms with Gasteiger partial charge in [0.25, 0.3) is 11.7 Å². The van der Waals surface area contributed by atoms with Crippen molar-refractivity contribution in [3.8, 4) is 5.75 Å². The van der Waals surface area contributed by atoms with E-state index >= 15 is 0 Å². The highest BCUT2D eigenvalue weighted by atomic mass is 16.5. The van der Waals surface area contributed by atoms with E-state index < -0.39 is 17.7 Å². The first-order valence-corrected chi connectivity index (χ1v) is 11.5. The van der Waals surface area contributed by atoms with Crippen LogP contribution in [0.25, 0.3) is 5.76 Å². The average molecular weight is 472 g/mol. The number of benzene rings is 2. The first kappa shape index (κ1) is 24.2. The third kappa shape index (κ3) is 5.41. The maximum absolute atomic E-state index is 13.0. The number of ketones is 1. The SMILES string of the molecule is Cc1cccc(COc2ccc(/C(O)=C3\C(=O)C(=O)N(CCN(C)C)[C@H]3c3ccncc3)cc2)c1. The number of ether oxygens (including phenoxy) is 1. The van der Waals surface area contributed by atoms with Crippen LogP contribution in [0.1, 0.15) is 28.3 Å². The number of aliphatic hydroxyl groups is 1. The van der Waals surface area contributed by atoms with Gasteiger partial charge in [0.15, 0.2) is 0 Å². The average Bonchev–Trinajstić information content (AvgIpc) is 3.11. The summed E-state index contributed by atoms with van der Waals surface area (Å²) >= 11 is 0. The number of hydrogen-bond acceptors (Lipinski definition) is 6. The van der Waals surface area contributed by atoms with Crippen molar-refractivity contribution in [1.29, 1.82) is 0 Å². The van der Waals surface area contributed by atoms with Crippen LogP contribution in [-0.2, 0) is 16.2 Å². The van der Waals surface area contributed by atoms with E-state index in [1.165, 1.54) is 4.90 Å². The Hall–Kier alpha value is -3.97. The highest BCUT2D eigenvalue weighted by Gasteiger charge is 2.45. The summed E-state index contributed by atoms with van der Waals surface area (Å²) in [5.74, 6) is -0.876. The molecule has 2 heterocycles. The molecule has 1 atom stereocenters. The summed E-state index contributed by atoms with van der Waals surface area (Å²) in [6.45, 7) is 3.39. The molecule has 1 saturated heterocycles. The number of pyridine rings is 1. The van der Waals surface area contributed by atoms with Crippen molar-refractivity contribution in [2.45, 2.75) is 19.6 Å². The summed E-state index contributed by atoms with van der Waals surface area (Å²) in [6.07, 6.45) is 3.23. The monoisotopic (exact) mass is 471 g/mol. The lowest BCUT2D eigenvalue weighted by Crippen LogP contribution is -2.35. The topological polar surface area (TPSA) is 83.0 Å². The number of aromatic nitrogens is 1. The molecule has 1 aromatic heterocycles. The zero-order valence-electron chi connectivity index (χ0n) is 20.1.